The molecule has 0 unspecified atom stereocenters. The van der Waals surface area contributed by atoms with Crippen molar-refractivity contribution in [2.24, 2.45) is 4.99 Å². The van der Waals surface area contributed by atoms with Gasteiger partial charge in [-0.25, -0.2) is 4.98 Å². The molecule has 1 aliphatic carbocycles. The Labute approximate surface area is 202 Å². The van der Waals surface area contributed by atoms with E-state index in [1.165, 1.54) is 12.8 Å². The van der Waals surface area contributed by atoms with Crippen molar-refractivity contribution in [2.75, 3.05) is 14.2 Å². The van der Waals surface area contributed by atoms with Crippen LogP contribution in [0.15, 0.2) is 33.8 Å². The van der Waals surface area contributed by atoms with E-state index in [9.17, 15) is 0 Å². The molecule has 1 fully saturated rings. The Bertz CT molecular complexity index is 855. The molecular weight excluding hydrogens is 507 g/mol. The van der Waals surface area contributed by atoms with Crippen LogP contribution in [0.1, 0.15) is 63.7 Å². The molecule has 3 rings (SSSR count). The van der Waals surface area contributed by atoms with Crippen LogP contribution in [0, 0.1) is 0 Å². The average Bonchev–Trinajstić information content (AvgIpc) is 3.40. The van der Waals surface area contributed by atoms with E-state index < -0.39 is 0 Å². The molecule has 1 saturated carbocycles. The summed E-state index contributed by atoms with van der Waals surface area (Å²) in [5.74, 6) is 3.77. The maximum absolute atomic E-state index is 6.19. The van der Waals surface area contributed by atoms with Crippen LogP contribution < -0.4 is 20.1 Å². The SMILES string of the molecule is CN=C(NCc1ccc(OC)c(OC2CCCC2)c1)NCc1ncc(C(C)(C)C)o1.I. The van der Waals surface area contributed by atoms with Gasteiger partial charge in [-0.15, -0.1) is 24.0 Å². The van der Waals surface area contributed by atoms with Gasteiger partial charge >= 0.3 is 0 Å². The molecule has 0 aliphatic heterocycles. The lowest BCUT2D eigenvalue weighted by Gasteiger charge is -2.17. The Morgan fingerprint density at radius 2 is 1.87 bits per heavy atom. The van der Waals surface area contributed by atoms with Gasteiger partial charge in [-0.05, 0) is 43.4 Å². The van der Waals surface area contributed by atoms with Crippen molar-refractivity contribution in [1.82, 2.24) is 15.6 Å². The quantitative estimate of drug-likeness (QED) is 0.298. The second-order valence-electron chi connectivity index (χ2n) is 8.66. The van der Waals surface area contributed by atoms with E-state index in [2.05, 4.69) is 41.4 Å². The number of hydrogen-bond donors (Lipinski definition) is 2. The Hall–Kier alpha value is -1.97. The molecule has 8 heteroatoms. The number of hydrogen-bond acceptors (Lipinski definition) is 5. The average molecular weight is 542 g/mol. The minimum Gasteiger partial charge on any atom is -0.493 e. The number of benzene rings is 1. The van der Waals surface area contributed by atoms with E-state index in [0.717, 1.165) is 35.7 Å². The van der Waals surface area contributed by atoms with E-state index in [0.29, 0.717) is 24.9 Å². The van der Waals surface area contributed by atoms with E-state index in [-0.39, 0.29) is 35.5 Å². The van der Waals surface area contributed by atoms with Crippen molar-refractivity contribution >= 4 is 29.9 Å². The lowest BCUT2D eigenvalue weighted by molar-refractivity contribution is 0.200. The van der Waals surface area contributed by atoms with Crippen LogP contribution in [-0.4, -0.2) is 31.2 Å². The van der Waals surface area contributed by atoms with Crippen molar-refractivity contribution in [3.05, 3.63) is 41.6 Å². The number of oxazole rings is 1. The van der Waals surface area contributed by atoms with Crippen molar-refractivity contribution in [1.29, 1.82) is 0 Å². The summed E-state index contributed by atoms with van der Waals surface area (Å²) in [6.45, 7) is 7.39. The monoisotopic (exact) mass is 542 g/mol. The molecule has 0 radical (unpaired) electrons. The number of rotatable bonds is 7. The number of ether oxygens (including phenoxy) is 2. The molecule has 1 heterocycles. The van der Waals surface area contributed by atoms with Crippen molar-refractivity contribution in [3.8, 4) is 11.5 Å². The summed E-state index contributed by atoms with van der Waals surface area (Å²) in [6, 6.07) is 6.03. The topological polar surface area (TPSA) is 80.9 Å². The number of aromatic nitrogens is 1. The first kappa shape index (κ1) is 25.3. The van der Waals surface area contributed by atoms with Gasteiger partial charge in [0, 0.05) is 19.0 Å². The van der Waals surface area contributed by atoms with E-state index in [1.807, 2.05) is 18.2 Å². The molecule has 0 spiro atoms. The highest BCUT2D eigenvalue weighted by molar-refractivity contribution is 14.0. The molecule has 2 aromatic rings. The van der Waals surface area contributed by atoms with Gasteiger partial charge in [0.2, 0.25) is 5.89 Å². The first-order chi connectivity index (χ1) is 14.4. The predicted octanol–water partition coefficient (Wildman–Crippen LogP) is 4.79. The third-order valence-corrected chi connectivity index (χ3v) is 5.21. The Balaban J connectivity index is 0.00000341. The fourth-order valence-corrected chi connectivity index (χ4v) is 3.41. The summed E-state index contributed by atoms with van der Waals surface area (Å²) >= 11 is 0. The normalized spacial score (nSPS) is 14.8. The van der Waals surface area contributed by atoms with Gasteiger partial charge in [-0.3, -0.25) is 4.99 Å². The van der Waals surface area contributed by atoms with Gasteiger partial charge in [0.25, 0.3) is 0 Å². The molecule has 0 atom stereocenters. The fourth-order valence-electron chi connectivity index (χ4n) is 3.41. The molecule has 2 N–H and O–H groups in total. The van der Waals surface area contributed by atoms with Gasteiger partial charge in [0.15, 0.2) is 17.5 Å². The number of nitrogens with one attached hydrogen (secondary N) is 2. The minimum absolute atomic E-state index is 0. The number of methoxy groups -OCH3 is 1. The Morgan fingerprint density at radius 1 is 1.16 bits per heavy atom. The standard InChI is InChI=1S/C23H34N4O3.HI/c1-23(2,3)20-14-25-21(30-20)15-27-22(24-4)26-13-16-10-11-18(28-5)19(12-16)29-17-8-6-7-9-17;/h10-12,14,17H,6-9,13,15H2,1-5H3,(H2,24,26,27);1H. The third kappa shape index (κ3) is 7.29. The zero-order valence-corrected chi connectivity index (χ0v) is 21.5. The minimum atomic E-state index is -0.0577. The largest absolute Gasteiger partial charge is 0.493 e. The predicted molar refractivity (Wildman–Crippen MR) is 134 cm³/mol. The molecule has 1 aromatic heterocycles. The van der Waals surface area contributed by atoms with Gasteiger partial charge < -0.3 is 24.5 Å². The van der Waals surface area contributed by atoms with Crippen LogP contribution in [0.4, 0.5) is 0 Å². The maximum Gasteiger partial charge on any atom is 0.213 e. The smallest absolute Gasteiger partial charge is 0.213 e. The van der Waals surface area contributed by atoms with Gasteiger partial charge in [0.1, 0.15) is 5.76 Å². The number of guanidine groups is 1. The highest BCUT2D eigenvalue weighted by Crippen LogP contribution is 2.32. The van der Waals surface area contributed by atoms with Gasteiger partial charge in [-0.1, -0.05) is 26.8 Å². The second kappa shape index (κ2) is 11.6. The van der Waals surface area contributed by atoms with Crippen molar-refractivity contribution in [3.63, 3.8) is 0 Å². The van der Waals surface area contributed by atoms with Crippen LogP contribution in [0.25, 0.3) is 0 Å². The van der Waals surface area contributed by atoms with Gasteiger partial charge in [-0.2, -0.15) is 0 Å². The van der Waals surface area contributed by atoms with Crippen molar-refractivity contribution < 1.29 is 13.9 Å². The summed E-state index contributed by atoms with van der Waals surface area (Å²) < 4.78 is 17.5. The molecule has 7 nitrogen and oxygen atoms in total. The maximum atomic E-state index is 6.19. The Morgan fingerprint density at radius 3 is 2.48 bits per heavy atom. The van der Waals surface area contributed by atoms with E-state index >= 15 is 0 Å². The highest BCUT2D eigenvalue weighted by Gasteiger charge is 2.20. The summed E-state index contributed by atoms with van der Waals surface area (Å²) in [5.41, 5.74) is 1.04. The third-order valence-electron chi connectivity index (χ3n) is 5.21. The van der Waals surface area contributed by atoms with Gasteiger partial charge in [0.05, 0.1) is 26.0 Å². The molecule has 1 aromatic carbocycles. The second-order valence-corrected chi connectivity index (χ2v) is 8.66. The molecule has 1 aliphatic rings. The zero-order valence-electron chi connectivity index (χ0n) is 19.2. The number of halogens is 1. The molecule has 0 bridgehead atoms. The first-order valence-electron chi connectivity index (χ1n) is 10.6. The number of aliphatic imine (C=N–C) groups is 1. The molecular formula is C23H35IN4O3. The highest BCUT2D eigenvalue weighted by atomic mass is 127. The lowest BCUT2D eigenvalue weighted by Crippen LogP contribution is -2.36. The zero-order chi connectivity index (χ0) is 21.6. The molecule has 172 valence electrons. The van der Waals surface area contributed by atoms with Crippen LogP contribution in [-0.2, 0) is 18.5 Å². The van der Waals surface area contributed by atoms with Crippen LogP contribution in [0.3, 0.4) is 0 Å². The molecule has 31 heavy (non-hydrogen) atoms. The lowest BCUT2D eigenvalue weighted by atomic mass is 9.94. The molecule has 0 saturated heterocycles. The fraction of sp³-hybridized carbons (Fsp3) is 0.565. The van der Waals surface area contributed by atoms with Crippen LogP contribution >= 0.6 is 24.0 Å². The van der Waals surface area contributed by atoms with E-state index in [4.69, 9.17) is 13.9 Å². The first-order valence-corrected chi connectivity index (χ1v) is 10.6. The summed E-state index contributed by atoms with van der Waals surface area (Å²) in [6.07, 6.45) is 6.77. The van der Waals surface area contributed by atoms with E-state index in [1.54, 1.807) is 20.4 Å². The Kier molecular flexibility index (Phi) is 9.46. The summed E-state index contributed by atoms with van der Waals surface area (Å²) in [4.78, 5) is 8.63. The molecule has 0 amide bonds. The summed E-state index contributed by atoms with van der Waals surface area (Å²) in [7, 11) is 3.42. The van der Waals surface area contributed by atoms with Crippen LogP contribution in [0.2, 0.25) is 0 Å². The van der Waals surface area contributed by atoms with Crippen molar-refractivity contribution in [2.45, 2.75) is 71.1 Å². The van der Waals surface area contributed by atoms with Crippen LogP contribution in [0.5, 0.6) is 11.5 Å². The summed E-state index contributed by atoms with van der Waals surface area (Å²) in [5, 5.41) is 6.57. The number of nitrogens with zero attached hydrogens (tertiary/aromatic N) is 2.